The molecule has 0 radical (unpaired) electrons. The average Bonchev–Trinajstić information content (AvgIpc) is 3.01. The van der Waals surface area contributed by atoms with Crippen LogP contribution in [0, 0.1) is 11.8 Å². The average molecular weight is 314 g/mol. The molecule has 1 aliphatic rings. The van der Waals surface area contributed by atoms with E-state index in [4.69, 9.17) is 5.73 Å². The molecule has 0 unspecified atom stereocenters. The first kappa shape index (κ1) is 18.7. The Bertz CT molecular complexity index is 458. The zero-order valence-electron chi connectivity index (χ0n) is 12.6. The van der Waals surface area contributed by atoms with Crippen molar-refractivity contribution in [2.24, 2.45) is 17.6 Å². The molecule has 3 heteroatoms. The Morgan fingerprint density at radius 1 is 1.05 bits per heavy atom. The third-order valence-corrected chi connectivity index (χ3v) is 3.06. The molecule has 3 N–H and O–H groups in total. The summed E-state index contributed by atoms with van der Waals surface area (Å²) in [4.78, 5) is 0. The minimum atomic E-state index is -0.0689. The third-order valence-electron chi connectivity index (χ3n) is 3.06. The number of aliphatic hydroxyl groups is 1. The Kier molecular flexibility index (Phi) is 8.20. The van der Waals surface area contributed by atoms with Crippen molar-refractivity contribution >= 4 is 0 Å². The molecule has 1 aromatic carbocycles. The second kappa shape index (κ2) is 8.78. The monoisotopic (exact) mass is 314 g/mol. The van der Waals surface area contributed by atoms with Crippen molar-refractivity contribution in [1.82, 2.24) is 0 Å². The molecule has 112 valence electrons. The second-order valence-corrected chi connectivity index (χ2v) is 5.27. The molecule has 0 fully saturated rings. The van der Waals surface area contributed by atoms with E-state index in [0.29, 0.717) is 11.8 Å². The smallest absolute Gasteiger partial charge is 0.189 e. The maximum Gasteiger partial charge on any atom is 0.189 e. The maximum absolute atomic E-state index is 9.34. The summed E-state index contributed by atoms with van der Waals surface area (Å²) < 4.78 is 0. The van der Waals surface area contributed by atoms with Gasteiger partial charge in [-0.15, -0.1) is 0 Å². The molecule has 0 saturated heterocycles. The molecule has 0 saturated carbocycles. The normalized spacial score (nSPS) is 16.1. The molecule has 20 heavy (non-hydrogen) atoms. The van der Waals surface area contributed by atoms with Crippen molar-refractivity contribution in [2.45, 2.75) is 27.7 Å². The van der Waals surface area contributed by atoms with Crippen LogP contribution in [0.4, 0.5) is 0 Å². The molecule has 0 atom stereocenters. The van der Waals surface area contributed by atoms with Crippen LogP contribution in [0.2, 0.25) is 0 Å². The van der Waals surface area contributed by atoms with Crippen LogP contribution in [0.25, 0.3) is 0 Å². The summed E-state index contributed by atoms with van der Waals surface area (Å²) in [5, 5.41) is 9.34. The summed E-state index contributed by atoms with van der Waals surface area (Å²) in [5.74, 6) is 0.796. The van der Waals surface area contributed by atoms with Gasteiger partial charge in [0.25, 0.3) is 0 Å². The van der Waals surface area contributed by atoms with Gasteiger partial charge in [0.15, 0.2) is 5.88 Å². The topological polar surface area (TPSA) is 46.2 Å². The number of allylic oxidation sites excluding steroid dienone is 5. The summed E-state index contributed by atoms with van der Waals surface area (Å²) in [6, 6.07) is 10.0. The first-order valence-electron chi connectivity index (χ1n) is 6.73. The molecule has 0 heterocycles. The van der Waals surface area contributed by atoms with Crippen molar-refractivity contribution in [3.63, 3.8) is 0 Å². The van der Waals surface area contributed by atoms with Crippen molar-refractivity contribution in [1.29, 1.82) is 0 Å². The van der Waals surface area contributed by atoms with E-state index in [9.17, 15) is 5.11 Å². The van der Waals surface area contributed by atoms with Gasteiger partial charge in [-0.3, -0.25) is 0 Å². The van der Waals surface area contributed by atoms with Gasteiger partial charge in [-0.25, -0.2) is 12.1 Å². The van der Waals surface area contributed by atoms with E-state index >= 15 is 0 Å². The van der Waals surface area contributed by atoms with Crippen molar-refractivity contribution in [3.05, 3.63) is 65.1 Å². The Morgan fingerprint density at radius 3 is 1.90 bits per heavy atom. The molecule has 1 aliphatic carbocycles. The Hall–Kier alpha value is -1.31. The minimum Gasteiger partial charge on any atom is -0.495 e. The molecule has 2 nitrogen and oxygen atoms in total. The number of hydrogen-bond donors (Lipinski definition) is 2. The van der Waals surface area contributed by atoms with Gasteiger partial charge < -0.3 is 10.8 Å². The molecular formula is C17H24FeNO-. The first-order chi connectivity index (χ1) is 8.95. The van der Waals surface area contributed by atoms with E-state index in [-0.39, 0.29) is 23.0 Å². The molecule has 0 spiro atoms. The van der Waals surface area contributed by atoms with E-state index < -0.39 is 0 Å². The third kappa shape index (κ3) is 4.99. The van der Waals surface area contributed by atoms with Crippen LogP contribution in [-0.2, 0) is 17.1 Å². The summed E-state index contributed by atoms with van der Waals surface area (Å²) in [6.07, 6.45) is 3.96. The molecule has 1 aromatic rings. The van der Waals surface area contributed by atoms with E-state index in [1.54, 1.807) is 0 Å². The predicted molar refractivity (Wildman–Crippen MR) is 81.7 cm³/mol. The summed E-state index contributed by atoms with van der Waals surface area (Å²) in [5.41, 5.74) is 8.70. The Morgan fingerprint density at radius 2 is 1.60 bits per heavy atom. The van der Waals surface area contributed by atoms with Gasteiger partial charge in [-0.2, -0.15) is 18.2 Å². The predicted octanol–water partition coefficient (Wildman–Crippen LogP) is 4.30. The fourth-order valence-corrected chi connectivity index (χ4v) is 2.20. The van der Waals surface area contributed by atoms with Gasteiger partial charge >= 0.3 is 0 Å². The minimum absolute atomic E-state index is 0. The van der Waals surface area contributed by atoms with Crippen LogP contribution < -0.4 is 5.73 Å². The SMILES string of the molecule is CC(C)C1=C(C(C)C)/C(=C(/N)O)C=C1.[Fe].c1cc[cH-]c1. The molecule has 2 rings (SSSR count). The summed E-state index contributed by atoms with van der Waals surface area (Å²) >= 11 is 0. The van der Waals surface area contributed by atoms with Gasteiger partial charge in [0.1, 0.15) is 0 Å². The molecule has 0 aromatic heterocycles. The van der Waals surface area contributed by atoms with Gasteiger partial charge in [0.2, 0.25) is 0 Å². The summed E-state index contributed by atoms with van der Waals surface area (Å²) in [6.45, 7) is 8.54. The standard InChI is InChI=1S/C12H19NO.C5H5.Fe/c1-7(2)9-5-6-10(12(13)14)11(9)8(3)4;1-2-4-5-3-1;/h5-8,14H,13H2,1-4H3;1-5H;/q;-1;/b12-10-;;. The molecule has 0 aliphatic heterocycles. The second-order valence-electron chi connectivity index (χ2n) is 5.27. The van der Waals surface area contributed by atoms with Gasteiger partial charge in [0.05, 0.1) is 0 Å². The van der Waals surface area contributed by atoms with Crippen LogP contribution in [-0.4, -0.2) is 5.11 Å². The molecule has 0 amide bonds. The zero-order valence-corrected chi connectivity index (χ0v) is 13.7. The maximum atomic E-state index is 9.34. The van der Waals surface area contributed by atoms with E-state index in [0.717, 1.165) is 5.57 Å². The van der Waals surface area contributed by atoms with Gasteiger partial charge in [-0.05, 0) is 29.1 Å². The van der Waals surface area contributed by atoms with Crippen LogP contribution >= 0.6 is 0 Å². The summed E-state index contributed by atoms with van der Waals surface area (Å²) in [7, 11) is 0. The zero-order chi connectivity index (χ0) is 14.4. The van der Waals surface area contributed by atoms with Crippen molar-refractivity contribution in [2.75, 3.05) is 0 Å². The van der Waals surface area contributed by atoms with Crippen LogP contribution in [0.1, 0.15) is 27.7 Å². The van der Waals surface area contributed by atoms with Crippen LogP contribution in [0.15, 0.2) is 65.1 Å². The number of nitrogens with two attached hydrogens (primary N) is 1. The Balaban J connectivity index is 0.000000507. The Labute approximate surface area is 132 Å². The van der Waals surface area contributed by atoms with Crippen LogP contribution in [0.5, 0.6) is 0 Å². The fraction of sp³-hybridized carbons (Fsp3) is 0.353. The van der Waals surface area contributed by atoms with Crippen molar-refractivity contribution in [3.8, 4) is 0 Å². The quantitative estimate of drug-likeness (QED) is 0.486. The van der Waals surface area contributed by atoms with E-state index in [1.165, 1.54) is 11.1 Å². The molecule has 0 bridgehead atoms. The number of hydrogen-bond acceptors (Lipinski definition) is 2. The van der Waals surface area contributed by atoms with E-state index in [2.05, 4.69) is 33.8 Å². The van der Waals surface area contributed by atoms with E-state index in [1.807, 2.05) is 36.4 Å². The van der Waals surface area contributed by atoms with Crippen molar-refractivity contribution < 1.29 is 22.2 Å². The number of rotatable bonds is 2. The fourth-order valence-electron chi connectivity index (χ4n) is 2.20. The first-order valence-corrected chi connectivity index (χ1v) is 6.73. The van der Waals surface area contributed by atoms with Crippen LogP contribution in [0.3, 0.4) is 0 Å². The number of aliphatic hydroxyl groups excluding tert-OH is 1. The largest absolute Gasteiger partial charge is 0.495 e. The van der Waals surface area contributed by atoms with Gasteiger partial charge in [0, 0.05) is 22.6 Å². The molecular weight excluding hydrogens is 290 g/mol. The van der Waals surface area contributed by atoms with Gasteiger partial charge in [-0.1, -0.05) is 33.8 Å².